The van der Waals surface area contributed by atoms with Gasteiger partial charge >= 0.3 is 17.0 Å². The molecule has 0 bridgehead atoms. The van der Waals surface area contributed by atoms with Crippen molar-refractivity contribution in [3.63, 3.8) is 0 Å². The fourth-order valence-electron chi connectivity index (χ4n) is 1.57. The maximum atomic E-state index is 10.6. The summed E-state index contributed by atoms with van der Waals surface area (Å²) in [6, 6.07) is 2.09. The smallest absolute Gasteiger partial charge is 0.346 e. The molecular formula is C11H16N4O5S. The minimum Gasteiger partial charge on any atom is -0.477 e. The number of urea groups is 1. The fourth-order valence-corrected chi connectivity index (χ4v) is 2.23. The lowest BCUT2D eigenvalue weighted by molar-refractivity contribution is -0.380. The number of aromatic carboxylic acids is 1. The molecule has 1 aromatic rings. The lowest BCUT2D eigenvalue weighted by atomic mass is 10.3. The van der Waals surface area contributed by atoms with Crippen molar-refractivity contribution in [2.24, 2.45) is 5.73 Å². The van der Waals surface area contributed by atoms with E-state index in [4.69, 9.17) is 10.8 Å². The van der Waals surface area contributed by atoms with Gasteiger partial charge in [-0.3, -0.25) is 10.1 Å². The first-order chi connectivity index (χ1) is 9.81. The molecule has 116 valence electrons. The van der Waals surface area contributed by atoms with Crippen LogP contribution in [0.15, 0.2) is 12.1 Å². The second kappa shape index (κ2) is 7.55. The highest BCUT2D eigenvalue weighted by Gasteiger charge is 2.15. The van der Waals surface area contributed by atoms with Crippen LogP contribution in [0.2, 0.25) is 0 Å². The summed E-state index contributed by atoms with van der Waals surface area (Å²) >= 11 is 0.650. The summed E-state index contributed by atoms with van der Waals surface area (Å²) in [5, 5.41) is 18.3. The first-order valence-electron chi connectivity index (χ1n) is 6.01. The maximum absolute atomic E-state index is 10.6. The third-order valence-electron chi connectivity index (χ3n) is 2.80. The summed E-state index contributed by atoms with van der Waals surface area (Å²) in [7, 11) is 2.04. The van der Waals surface area contributed by atoms with E-state index >= 15 is 0 Å². The van der Waals surface area contributed by atoms with Gasteiger partial charge in [0.15, 0.2) is 0 Å². The van der Waals surface area contributed by atoms with Crippen LogP contribution in [0.3, 0.4) is 0 Å². The number of thiophene rings is 1. The van der Waals surface area contributed by atoms with E-state index < -0.39 is 10.9 Å². The van der Waals surface area contributed by atoms with Crippen LogP contribution in [0.1, 0.15) is 9.67 Å². The summed E-state index contributed by atoms with van der Waals surface area (Å²) in [6.45, 7) is 3.41. The number of carboxylic acids is 1. The molecule has 0 aromatic carbocycles. The second-order valence-corrected chi connectivity index (χ2v) is 5.39. The highest BCUT2D eigenvalue weighted by molar-refractivity contribution is 7.17. The average molecular weight is 316 g/mol. The Morgan fingerprint density at radius 2 is 1.90 bits per heavy atom. The van der Waals surface area contributed by atoms with Gasteiger partial charge in [0.05, 0.1) is 4.92 Å². The predicted octanol–water partition coefficient (Wildman–Crippen LogP) is 0.667. The van der Waals surface area contributed by atoms with Crippen molar-refractivity contribution >= 4 is 28.3 Å². The number of likely N-dealkylation sites (N-methyl/N-ethyl adjacent to an activating group) is 1. The zero-order valence-corrected chi connectivity index (χ0v) is 12.2. The lowest BCUT2D eigenvalue weighted by Crippen LogP contribution is -2.49. The standard InChI is InChI=1S/C6H13N3O.C5H3NO4S/c1-8-2-4-9(5-3-8)6(7)10;7-5(8)3-1-2-4(11-3)6(9)10/h2-5H2,1H3,(H2,7,10);1-2H,(H,7,8). The van der Waals surface area contributed by atoms with E-state index in [2.05, 4.69) is 4.90 Å². The maximum Gasteiger partial charge on any atom is 0.346 e. The SMILES string of the molecule is CN1CCN(C(N)=O)CC1.O=C(O)c1ccc([N+](=O)[O-])s1. The van der Waals surface area contributed by atoms with E-state index in [0.29, 0.717) is 11.3 Å². The summed E-state index contributed by atoms with van der Waals surface area (Å²) in [5.74, 6) is -1.14. The molecule has 2 rings (SSSR count). The van der Waals surface area contributed by atoms with Crippen LogP contribution >= 0.6 is 11.3 Å². The van der Waals surface area contributed by atoms with E-state index in [1.807, 2.05) is 7.05 Å². The molecule has 1 fully saturated rings. The van der Waals surface area contributed by atoms with Crippen molar-refractivity contribution in [1.82, 2.24) is 9.80 Å². The topological polar surface area (TPSA) is 130 Å². The zero-order valence-electron chi connectivity index (χ0n) is 11.4. The number of rotatable bonds is 2. The van der Waals surface area contributed by atoms with Crippen LogP contribution in [0.5, 0.6) is 0 Å². The molecule has 1 saturated heterocycles. The molecular weight excluding hydrogens is 300 g/mol. The summed E-state index contributed by atoms with van der Waals surface area (Å²) in [4.78, 5) is 34.1. The average Bonchev–Trinajstić information content (AvgIpc) is 2.90. The quantitative estimate of drug-likeness (QED) is 0.609. The Labute approximate surface area is 124 Å². The number of primary amides is 1. The van der Waals surface area contributed by atoms with Gasteiger partial charge in [-0.2, -0.15) is 0 Å². The molecule has 0 aliphatic carbocycles. The first kappa shape index (κ1) is 16.9. The van der Waals surface area contributed by atoms with Crippen LogP contribution in [-0.2, 0) is 0 Å². The molecule has 1 aliphatic heterocycles. The molecule has 0 saturated carbocycles. The van der Waals surface area contributed by atoms with E-state index in [-0.39, 0.29) is 15.9 Å². The van der Waals surface area contributed by atoms with Crippen LogP contribution in [0.4, 0.5) is 9.80 Å². The van der Waals surface area contributed by atoms with Gasteiger partial charge in [-0.25, -0.2) is 9.59 Å². The Bertz CT molecular complexity index is 496. The summed E-state index contributed by atoms with van der Waals surface area (Å²) < 4.78 is 0. The van der Waals surface area contributed by atoms with Gasteiger partial charge in [0.1, 0.15) is 4.88 Å². The third kappa shape index (κ3) is 5.36. The number of piperazine rings is 1. The number of hydrogen-bond acceptors (Lipinski definition) is 6. The van der Waals surface area contributed by atoms with Crippen LogP contribution in [0.25, 0.3) is 0 Å². The van der Waals surface area contributed by atoms with Gasteiger partial charge in [0.2, 0.25) is 0 Å². The molecule has 9 nitrogen and oxygen atoms in total. The largest absolute Gasteiger partial charge is 0.477 e. The second-order valence-electron chi connectivity index (χ2n) is 4.33. The molecule has 3 N–H and O–H groups in total. The van der Waals surface area contributed by atoms with E-state index in [1.54, 1.807) is 4.90 Å². The van der Waals surface area contributed by atoms with Gasteiger partial charge < -0.3 is 20.6 Å². The number of carbonyl (C=O) groups is 2. The van der Waals surface area contributed by atoms with Crippen molar-refractivity contribution < 1.29 is 19.6 Å². The number of nitrogens with zero attached hydrogens (tertiary/aromatic N) is 3. The highest BCUT2D eigenvalue weighted by atomic mass is 32.1. The number of carboxylic acid groups (broad SMARTS) is 1. The molecule has 2 amide bonds. The Morgan fingerprint density at radius 1 is 1.33 bits per heavy atom. The molecule has 0 unspecified atom stereocenters. The molecule has 0 radical (unpaired) electrons. The molecule has 10 heteroatoms. The van der Waals surface area contributed by atoms with E-state index in [1.165, 1.54) is 12.1 Å². The van der Waals surface area contributed by atoms with Crippen molar-refractivity contribution in [2.75, 3.05) is 33.2 Å². The fraction of sp³-hybridized carbons (Fsp3) is 0.455. The van der Waals surface area contributed by atoms with Gasteiger partial charge in [-0.05, 0) is 13.1 Å². The number of nitrogens with two attached hydrogens (primary N) is 1. The predicted molar refractivity (Wildman–Crippen MR) is 76.6 cm³/mol. The highest BCUT2D eigenvalue weighted by Crippen LogP contribution is 2.23. The van der Waals surface area contributed by atoms with E-state index in [0.717, 1.165) is 26.2 Å². The van der Waals surface area contributed by atoms with Crippen LogP contribution < -0.4 is 5.73 Å². The van der Waals surface area contributed by atoms with Gasteiger partial charge in [-0.15, -0.1) is 0 Å². The normalized spacial score (nSPS) is 15.0. The summed E-state index contributed by atoms with van der Waals surface area (Å²) in [5.41, 5.74) is 5.08. The third-order valence-corrected chi connectivity index (χ3v) is 3.82. The Balaban J connectivity index is 0.000000211. The minimum atomic E-state index is -1.14. The summed E-state index contributed by atoms with van der Waals surface area (Å²) in [6.07, 6.45) is 0. The van der Waals surface area contributed by atoms with Crippen molar-refractivity contribution in [2.45, 2.75) is 0 Å². The molecule has 2 heterocycles. The van der Waals surface area contributed by atoms with Gasteiger partial charge in [-0.1, -0.05) is 11.3 Å². The van der Waals surface area contributed by atoms with Crippen molar-refractivity contribution in [1.29, 1.82) is 0 Å². The van der Waals surface area contributed by atoms with Gasteiger partial charge in [0, 0.05) is 32.2 Å². The number of hydrogen-bond donors (Lipinski definition) is 2. The Kier molecular flexibility index (Phi) is 6.06. The monoisotopic (exact) mass is 316 g/mol. The molecule has 21 heavy (non-hydrogen) atoms. The molecule has 0 spiro atoms. The van der Waals surface area contributed by atoms with E-state index in [9.17, 15) is 19.7 Å². The van der Waals surface area contributed by atoms with Crippen LogP contribution in [-0.4, -0.2) is 65.1 Å². The Morgan fingerprint density at radius 3 is 2.24 bits per heavy atom. The lowest BCUT2D eigenvalue weighted by Gasteiger charge is -2.30. The minimum absolute atomic E-state index is 0.0169. The molecule has 0 atom stereocenters. The van der Waals surface area contributed by atoms with Crippen molar-refractivity contribution in [3.05, 3.63) is 27.1 Å². The molecule has 1 aliphatic rings. The first-order valence-corrected chi connectivity index (χ1v) is 6.83. The number of amides is 2. The number of carbonyl (C=O) groups excluding carboxylic acids is 1. The molecule has 1 aromatic heterocycles. The zero-order chi connectivity index (χ0) is 16.0. The van der Waals surface area contributed by atoms with Crippen LogP contribution in [0, 0.1) is 10.1 Å². The Hall–Kier alpha value is -2.20. The van der Waals surface area contributed by atoms with Gasteiger partial charge in [0.25, 0.3) is 0 Å². The van der Waals surface area contributed by atoms with Crippen molar-refractivity contribution in [3.8, 4) is 0 Å². The number of nitro groups is 1.